The van der Waals surface area contributed by atoms with Crippen LogP contribution in [0.15, 0.2) is 0 Å². The SMILES string of the molecule is CC(C)C1CCC(C#N)C1=O. The minimum atomic E-state index is -0.303. The van der Waals surface area contributed by atoms with Gasteiger partial charge in [-0.25, -0.2) is 0 Å². The third-order valence-electron chi connectivity index (χ3n) is 2.44. The van der Waals surface area contributed by atoms with Gasteiger partial charge in [0.25, 0.3) is 0 Å². The molecule has 0 amide bonds. The van der Waals surface area contributed by atoms with E-state index in [2.05, 4.69) is 0 Å². The molecule has 0 aromatic carbocycles. The summed E-state index contributed by atoms with van der Waals surface area (Å²) in [6.45, 7) is 4.09. The van der Waals surface area contributed by atoms with Gasteiger partial charge in [-0.1, -0.05) is 13.8 Å². The number of hydrogen-bond donors (Lipinski definition) is 0. The Bertz CT molecular complexity index is 202. The Morgan fingerprint density at radius 2 is 2.18 bits per heavy atom. The van der Waals surface area contributed by atoms with Crippen molar-refractivity contribution in [2.45, 2.75) is 26.7 Å². The number of ketones is 1. The summed E-state index contributed by atoms with van der Waals surface area (Å²) < 4.78 is 0. The van der Waals surface area contributed by atoms with Gasteiger partial charge in [0.2, 0.25) is 0 Å². The van der Waals surface area contributed by atoms with Crippen LogP contribution in [-0.2, 0) is 4.79 Å². The van der Waals surface area contributed by atoms with Gasteiger partial charge in [-0.3, -0.25) is 4.79 Å². The van der Waals surface area contributed by atoms with Crippen molar-refractivity contribution in [2.75, 3.05) is 0 Å². The molecule has 11 heavy (non-hydrogen) atoms. The minimum absolute atomic E-state index is 0.152. The maximum Gasteiger partial charge on any atom is 0.153 e. The van der Waals surface area contributed by atoms with Crippen molar-refractivity contribution in [3.05, 3.63) is 0 Å². The largest absolute Gasteiger partial charge is 0.298 e. The number of rotatable bonds is 1. The monoisotopic (exact) mass is 151 g/mol. The fourth-order valence-corrected chi connectivity index (χ4v) is 1.68. The van der Waals surface area contributed by atoms with Crippen LogP contribution in [0.25, 0.3) is 0 Å². The van der Waals surface area contributed by atoms with E-state index in [1.165, 1.54) is 0 Å². The van der Waals surface area contributed by atoms with E-state index in [-0.39, 0.29) is 17.6 Å². The van der Waals surface area contributed by atoms with E-state index in [1.807, 2.05) is 19.9 Å². The van der Waals surface area contributed by atoms with Gasteiger partial charge < -0.3 is 0 Å². The van der Waals surface area contributed by atoms with Gasteiger partial charge in [0.05, 0.1) is 6.07 Å². The molecule has 0 bridgehead atoms. The predicted octanol–water partition coefficient (Wildman–Crippen LogP) is 1.76. The highest BCUT2D eigenvalue weighted by Gasteiger charge is 2.35. The second kappa shape index (κ2) is 3.04. The summed E-state index contributed by atoms with van der Waals surface area (Å²) in [5, 5.41) is 8.57. The number of nitriles is 1. The Kier molecular flexibility index (Phi) is 2.28. The van der Waals surface area contributed by atoms with E-state index in [1.54, 1.807) is 0 Å². The van der Waals surface area contributed by atoms with Crippen LogP contribution in [-0.4, -0.2) is 5.78 Å². The van der Waals surface area contributed by atoms with E-state index in [4.69, 9.17) is 5.26 Å². The summed E-state index contributed by atoms with van der Waals surface area (Å²) in [5.74, 6) is 0.422. The van der Waals surface area contributed by atoms with Crippen LogP contribution in [0, 0.1) is 29.1 Å². The van der Waals surface area contributed by atoms with Crippen molar-refractivity contribution < 1.29 is 4.79 Å². The molecule has 2 unspecified atom stereocenters. The topological polar surface area (TPSA) is 40.9 Å². The quantitative estimate of drug-likeness (QED) is 0.573. The molecule has 0 radical (unpaired) electrons. The standard InChI is InChI=1S/C9H13NO/c1-6(2)8-4-3-7(5-10)9(8)11/h6-8H,3-4H2,1-2H3. The van der Waals surface area contributed by atoms with Crippen molar-refractivity contribution in [2.24, 2.45) is 17.8 Å². The summed E-state index contributed by atoms with van der Waals surface area (Å²) in [4.78, 5) is 11.4. The van der Waals surface area contributed by atoms with Crippen LogP contribution in [0.4, 0.5) is 0 Å². The first kappa shape index (κ1) is 8.26. The summed E-state index contributed by atoms with van der Waals surface area (Å²) in [6.07, 6.45) is 1.69. The van der Waals surface area contributed by atoms with E-state index < -0.39 is 0 Å². The molecule has 0 spiro atoms. The summed E-state index contributed by atoms with van der Waals surface area (Å²) in [5.41, 5.74) is 0. The molecule has 1 fully saturated rings. The molecule has 1 saturated carbocycles. The number of nitrogens with zero attached hydrogens (tertiary/aromatic N) is 1. The van der Waals surface area contributed by atoms with Crippen molar-refractivity contribution in [1.29, 1.82) is 5.26 Å². The molecule has 1 aliphatic carbocycles. The highest BCUT2D eigenvalue weighted by atomic mass is 16.1. The Morgan fingerprint density at radius 3 is 2.45 bits per heavy atom. The zero-order valence-electron chi connectivity index (χ0n) is 7.00. The number of carbonyl (C=O) groups excluding carboxylic acids is 1. The van der Waals surface area contributed by atoms with E-state index in [9.17, 15) is 4.79 Å². The molecule has 1 rings (SSSR count). The average molecular weight is 151 g/mol. The molecular formula is C9H13NO. The molecule has 2 heteroatoms. The molecule has 0 N–H and O–H groups in total. The van der Waals surface area contributed by atoms with E-state index >= 15 is 0 Å². The zero-order chi connectivity index (χ0) is 8.43. The lowest BCUT2D eigenvalue weighted by atomic mass is 9.92. The van der Waals surface area contributed by atoms with E-state index in [0.29, 0.717) is 5.92 Å². The molecule has 0 aromatic heterocycles. The number of Topliss-reactive ketones (excluding diaryl/α,β-unsaturated/α-hetero) is 1. The molecule has 0 saturated heterocycles. The Labute approximate surface area is 67.2 Å². The van der Waals surface area contributed by atoms with Gasteiger partial charge in [-0.2, -0.15) is 5.26 Å². The van der Waals surface area contributed by atoms with Crippen LogP contribution in [0.3, 0.4) is 0 Å². The maximum absolute atomic E-state index is 11.4. The number of carbonyl (C=O) groups is 1. The number of hydrogen-bond acceptors (Lipinski definition) is 2. The van der Waals surface area contributed by atoms with Gasteiger partial charge in [-0.05, 0) is 18.8 Å². The Morgan fingerprint density at radius 1 is 1.55 bits per heavy atom. The van der Waals surface area contributed by atoms with Gasteiger partial charge in [0.15, 0.2) is 5.78 Å². The minimum Gasteiger partial charge on any atom is -0.298 e. The average Bonchev–Trinajstić information content (AvgIpc) is 2.30. The van der Waals surface area contributed by atoms with Crippen LogP contribution >= 0.6 is 0 Å². The molecule has 0 heterocycles. The van der Waals surface area contributed by atoms with Crippen molar-refractivity contribution in [1.82, 2.24) is 0 Å². The Balaban J connectivity index is 2.65. The molecular weight excluding hydrogens is 138 g/mol. The third kappa shape index (κ3) is 1.42. The third-order valence-corrected chi connectivity index (χ3v) is 2.44. The van der Waals surface area contributed by atoms with Crippen LogP contribution in [0.1, 0.15) is 26.7 Å². The second-order valence-corrected chi connectivity index (χ2v) is 3.51. The smallest absolute Gasteiger partial charge is 0.153 e. The summed E-state index contributed by atoms with van der Waals surface area (Å²) >= 11 is 0. The van der Waals surface area contributed by atoms with E-state index in [0.717, 1.165) is 12.8 Å². The lowest BCUT2D eigenvalue weighted by Gasteiger charge is -2.10. The molecule has 2 atom stereocenters. The van der Waals surface area contributed by atoms with Crippen molar-refractivity contribution in [3.8, 4) is 6.07 Å². The molecule has 2 nitrogen and oxygen atoms in total. The summed E-state index contributed by atoms with van der Waals surface area (Å²) in [6, 6.07) is 2.05. The molecule has 0 aliphatic heterocycles. The highest BCUT2D eigenvalue weighted by Crippen LogP contribution is 2.31. The van der Waals surface area contributed by atoms with Crippen LogP contribution in [0.5, 0.6) is 0 Å². The first-order chi connectivity index (χ1) is 5.16. The summed E-state index contributed by atoms with van der Waals surface area (Å²) in [7, 11) is 0. The highest BCUT2D eigenvalue weighted by molar-refractivity contribution is 5.87. The van der Waals surface area contributed by atoms with Gasteiger partial charge >= 0.3 is 0 Å². The lowest BCUT2D eigenvalue weighted by molar-refractivity contribution is -0.123. The maximum atomic E-state index is 11.4. The first-order valence-electron chi connectivity index (χ1n) is 4.10. The normalized spacial score (nSPS) is 30.9. The zero-order valence-corrected chi connectivity index (χ0v) is 7.00. The lowest BCUT2D eigenvalue weighted by Crippen LogP contribution is -2.17. The fraction of sp³-hybridized carbons (Fsp3) is 0.778. The van der Waals surface area contributed by atoms with Crippen LogP contribution < -0.4 is 0 Å². The molecule has 0 aromatic rings. The fourth-order valence-electron chi connectivity index (χ4n) is 1.68. The van der Waals surface area contributed by atoms with Gasteiger partial charge in [0, 0.05) is 5.92 Å². The second-order valence-electron chi connectivity index (χ2n) is 3.51. The molecule has 60 valence electrons. The predicted molar refractivity (Wildman–Crippen MR) is 41.7 cm³/mol. The van der Waals surface area contributed by atoms with Gasteiger partial charge in [0.1, 0.15) is 5.92 Å². The molecule has 1 aliphatic rings. The van der Waals surface area contributed by atoms with Gasteiger partial charge in [-0.15, -0.1) is 0 Å². The first-order valence-corrected chi connectivity index (χ1v) is 4.10. The van der Waals surface area contributed by atoms with Crippen molar-refractivity contribution >= 4 is 5.78 Å². The Hall–Kier alpha value is -0.840. The van der Waals surface area contributed by atoms with Crippen LogP contribution in [0.2, 0.25) is 0 Å². The van der Waals surface area contributed by atoms with Crippen molar-refractivity contribution in [3.63, 3.8) is 0 Å².